The Hall–Kier alpha value is -0.900. The second-order valence-corrected chi connectivity index (χ2v) is 5.97. The van der Waals surface area contributed by atoms with Gasteiger partial charge in [0, 0.05) is 19.1 Å². The number of benzene rings is 1. The van der Waals surface area contributed by atoms with Gasteiger partial charge in [-0.25, -0.2) is 0 Å². The second-order valence-electron chi connectivity index (χ2n) is 5.97. The summed E-state index contributed by atoms with van der Waals surface area (Å²) in [4.78, 5) is 2.13. The maximum Gasteiger partial charge on any atom is 0.0940 e. The van der Waals surface area contributed by atoms with E-state index in [2.05, 4.69) is 62.4 Å². The van der Waals surface area contributed by atoms with Gasteiger partial charge in [0.15, 0.2) is 0 Å². The van der Waals surface area contributed by atoms with Gasteiger partial charge in [-0.1, -0.05) is 38.1 Å². The molecule has 0 amide bonds. The Morgan fingerprint density at radius 1 is 1.10 bits per heavy atom. The molecule has 114 valence electrons. The van der Waals surface area contributed by atoms with Gasteiger partial charge in [-0.3, -0.25) is 0 Å². The number of hydrogen-bond acceptors (Lipinski definition) is 3. The number of aliphatic hydroxyl groups is 1. The second kappa shape index (κ2) is 8.40. The first kappa shape index (κ1) is 17.2. The lowest BCUT2D eigenvalue weighted by Gasteiger charge is -2.22. The molecule has 0 bridgehead atoms. The van der Waals surface area contributed by atoms with Gasteiger partial charge in [0.2, 0.25) is 0 Å². The molecule has 3 nitrogen and oxygen atoms in total. The molecule has 3 unspecified atom stereocenters. The first-order chi connectivity index (χ1) is 9.45. The van der Waals surface area contributed by atoms with Gasteiger partial charge in [-0.15, -0.1) is 0 Å². The van der Waals surface area contributed by atoms with Crippen molar-refractivity contribution in [3.63, 3.8) is 0 Å². The Labute approximate surface area is 124 Å². The normalized spacial score (nSPS) is 16.1. The summed E-state index contributed by atoms with van der Waals surface area (Å²) in [5, 5.41) is 13.7. The van der Waals surface area contributed by atoms with Crippen LogP contribution in [-0.4, -0.2) is 43.2 Å². The van der Waals surface area contributed by atoms with Crippen LogP contribution in [0, 0.1) is 0 Å². The fourth-order valence-electron chi connectivity index (χ4n) is 2.17. The highest BCUT2D eigenvalue weighted by Crippen LogP contribution is 2.22. The summed E-state index contributed by atoms with van der Waals surface area (Å²) in [7, 11) is 4.10. The van der Waals surface area contributed by atoms with Gasteiger partial charge in [0.05, 0.1) is 6.10 Å². The minimum atomic E-state index is -0.455. The molecular formula is C17H30N2O. The molecule has 1 rings (SSSR count). The van der Waals surface area contributed by atoms with E-state index in [0.717, 1.165) is 25.1 Å². The van der Waals surface area contributed by atoms with Crippen LogP contribution >= 0.6 is 0 Å². The number of nitrogens with one attached hydrogen (secondary N) is 1. The van der Waals surface area contributed by atoms with E-state index in [1.807, 2.05) is 6.92 Å². The topological polar surface area (TPSA) is 35.5 Å². The Bertz CT molecular complexity index is 375. The standard InChI is InChI=1S/C17H30N2O/c1-6-13(2)15-7-9-16(10-8-15)17(20)14(3)18-11-12-19(4)5/h7-10,13-14,17-18,20H,6,11-12H2,1-5H3. The fourth-order valence-corrected chi connectivity index (χ4v) is 2.17. The number of aliphatic hydroxyl groups excluding tert-OH is 1. The molecular weight excluding hydrogens is 248 g/mol. The highest BCUT2D eigenvalue weighted by molar-refractivity contribution is 5.27. The molecule has 0 aliphatic carbocycles. The largest absolute Gasteiger partial charge is 0.387 e. The Morgan fingerprint density at radius 2 is 1.65 bits per heavy atom. The summed E-state index contributed by atoms with van der Waals surface area (Å²) in [6, 6.07) is 8.44. The lowest BCUT2D eigenvalue weighted by molar-refractivity contribution is 0.135. The molecule has 0 saturated carbocycles. The maximum atomic E-state index is 10.4. The first-order valence-electron chi connectivity index (χ1n) is 7.61. The van der Waals surface area contributed by atoms with Crippen LogP contribution in [0.15, 0.2) is 24.3 Å². The van der Waals surface area contributed by atoms with E-state index < -0.39 is 6.10 Å². The van der Waals surface area contributed by atoms with Crippen molar-refractivity contribution in [3.05, 3.63) is 35.4 Å². The molecule has 3 atom stereocenters. The van der Waals surface area contributed by atoms with E-state index in [-0.39, 0.29) is 6.04 Å². The van der Waals surface area contributed by atoms with Crippen LogP contribution in [0.4, 0.5) is 0 Å². The highest BCUT2D eigenvalue weighted by atomic mass is 16.3. The Kier molecular flexibility index (Phi) is 7.20. The van der Waals surface area contributed by atoms with Crippen LogP contribution in [0.5, 0.6) is 0 Å². The molecule has 1 aromatic rings. The molecule has 2 N–H and O–H groups in total. The third-order valence-corrected chi connectivity index (χ3v) is 3.96. The van der Waals surface area contributed by atoms with Crippen molar-refractivity contribution in [2.75, 3.05) is 27.2 Å². The molecule has 0 aromatic heterocycles. The predicted octanol–water partition coefficient (Wildman–Crippen LogP) is 2.77. The minimum Gasteiger partial charge on any atom is -0.387 e. The predicted molar refractivity (Wildman–Crippen MR) is 86.1 cm³/mol. The maximum absolute atomic E-state index is 10.4. The average Bonchev–Trinajstić information content (AvgIpc) is 2.45. The van der Waals surface area contributed by atoms with Gasteiger partial charge in [0.25, 0.3) is 0 Å². The molecule has 0 radical (unpaired) electrons. The summed E-state index contributed by atoms with van der Waals surface area (Å²) in [5.41, 5.74) is 2.33. The zero-order valence-electron chi connectivity index (χ0n) is 13.6. The van der Waals surface area contributed by atoms with Crippen LogP contribution in [0.2, 0.25) is 0 Å². The van der Waals surface area contributed by atoms with Crippen molar-refractivity contribution in [3.8, 4) is 0 Å². The van der Waals surface area contributed by atoms with Crippen molar-refractivity contribution < 1.29 is 5.11 Å². The fraction of sp³-hybridized carbons (Fsp3) is 0.647. The number of hydrogen-bond donors (Lipinski definition) is 2. The molecule has 20 heavy (non-hydrogen) atoms. The summed E-state index contributed by atoms with van der Waals surface area (Å²) in [5.74, 6) is 0.580. The van der Waals surface area contributed by atoms with Crippen molar-refractivity contribution in [2.24, 2.45) is 0 Å². The van der Waals surface area contributed by atoms with E-state index in [1.165, 1.54) is 5.56 Å². The van der Waals surface area contributed by atoms with Crippen LogP contribution in [-0.2, 0) is 0 Å². The van der Waals surface area contributed by atoms with Crippen LogP contribution in [0.25, 0.3) is 0 Å². The third kappa shape index (κ3) is 5.23. The molecule has 0 aliphatic heterocycles. The van der Waals surface area contributed by atoms with Gasteiger partial charge in [0.1, 0.15) is 0 Å². The Morgan fingerprint density at radius 3 is 2.15 bits per heavy atom. The van der Waals surface area contributed by atoms with E-state index in [0.29, 0.717) is 5.92 Å². The zero-order chi connectivity index (χ0) is 15.1. The van der Waals surface area contributed by atoms with E-state index >= 15 is 0 Å². The highest BCUT2D eigenvalue weighted by Gasteiger charge is 2.16. The minimum absolute atomic E-state index is 0.0596. The SMILES string of the molecule is CCC(C)c1ccc(C(O)C(C)NCCN(C)C)cc1. The molecule has 0 fully saturated rings. The van der Waals surface area contributed by atoms with Gasteiger partial charge in [-0.05, 0) is 44.5 Å². The van der Waals surface area contributed by atoms with Crippen molar-refractivity contribution in [1.82, 2.24) is 10.2 Å². The average molecular weight is 278 g/mol. The molecule has 0 saturated heterocycles. The third-order valence-electron chi connectivity index (χ3n) is 3.96. The monoisotopic (exact) mass is 278 g/mol. The van der Waals surface area contributed by atoms with Crippen molar-refractivity contribution in [1.29, 1.82) is 0 Å². The smallest absolute Gasteiger partial charge is 0.0940 e. The van der Waals surface area contributed by atoms with Gasteiger partial charge < -0.3 is 15.3 Å². The summed E-state index contributed by atoms with van der Waals surface area (Å²) in [6.07, 6.45) is 0.688. The molecule has 0 spiro atoms. The number of likely N-dealkylation sites (N-methyl/N-ethyl adjacent to an activating group) is 1. The summed E-state index contributed by atoms with van der Waals surface area (Å²) >= 11 is 0. The molecule has 0 heterocycles. The van der Waals surface area contributed by atoms with E-state index in [1.54, 1.807) is 0 Å². The summed E-state index contributed by atoms with van der Waals surface area (Å²) in [6.45, 7) is 8.32. The van der Waals surface area contributed by atoms with Crippen molar-refractivity contribution >= 4 is 0 Å². The quantitative estimate of drug-likeness (QED) is 0.767. The van der Waals surface area contributed by atoms with Crippen LogP contribution in [0.3, 0.4) is 0 Å². The van der Waals surface area contributed by atoms with E-state index in [9.17, 15) is 5.11 Å². The zero-order valence-corrected chi connectivity index (χ0v) is 13.6. The van der Waals surface area contributed by atoms with E-state index in [4.69, 9.17) is 0 Å². The molecule has 3 heteroatoms. The van der Waals surface area contributed by atoms with Gasteiger partial charge in [-0.2, -0.15) is 0 Å². The van der Waals surface area contributed by atoms with Gasteiger partial charge >= 0.3 is 0 Å². The lowest BCUT2D eigenvalue weighted by atomic mass is 9.95. The first-order valence-corrected chi connectivity index (χ1v) is 7.61. The lowest BCUT2D eigenvalue weighted by Crippen LogP contribution is -2.36. The number of nitrogens with zero attached hydrogens (tertiary/aromatic N) is 1. The summed E-state index contributed by atoms with van der Waals surface area (Å²) < 4.78 is 0. The molecule has 1 aromatic carbocycles. The number of rotatable bonds is 8. The molecule has 0 aliphatic rings. The van der Waals surface area contributed by atoms with Crippen molar-refractivity contribution in [2.45, 2.75) is 45.3 Å². The van der Waals surface area contributed by atoms with Crippen LogP contribution < -0.4 is 5.32 Å². The van der Waals surface area contributed by atoms with Crippen LogP contribution in [0.1, 0.15) is 50.3 Å². The Balaban J connectivity index is 2.55.